The van der Waals surface area contributed by atoms with Crippen molar-refractivity contribution in [2.24, 2.45) is 45.8 Å². The lowest BCUT2D eigenvalue weighted by Gasteiger charge is -2.58. The maximum absolute atomic E-state index is 10.3. The van der Waals surface area contributed by atoms with Crippen LogP contribution in [0.3, 0.4) is 0 Å². The summed E-state index contributed by atoms with van der Waals surface area (Å²) in [6.45, 7) is 15.6. The minimum Gasteiger partial charge on any atom is -0.393 e. The van der Waals surface area contributed by atoms with Crippen LogP contribution in [0, 0.1) is 45.8 Å². The maximum atomic E-state index is 10.3. The van der Waals surface area contributed by atoms with Gasteiger partial charge in [0.15, 0.2) is 0 Å². The Morgan fingerprint density at radius 1 is 1.15 bits per heavy atom. The van der Waals surface area contributed by atoms with Crippen LogP contribution in [0.15, 0.2) is 11.6 Å². The van der Waals surface area contributed by atoms with E-state index in [9.17, 15) is 5.11 Å². The maximum Gasteiger partial charge on any atom is 0.0687 e. The van der Waals surface area contributed by atoms with Gasteiger partial charge in [0.1, 0.15) is 0 Å². The summed E-state index contributed by atoms with van der Waals surface area (Å²) < 4.78 is 12.5. The number of aliphatic hydroxyl groups is 1. The van der Waals surface area contributed by atoms with E-state index in [4.69, 9.17) is 9.47 Å². The zero-order valence-corrected chi connectivity index (χ0v) is 22.5. The summed E-state index contributed by atoms with van der Waals surface area (Å²) in [5, 5.41) is 10.3. The Bertz CT molecular complexity index is 787. The van der Waals surface area contributed by atoms with Crippen LogP contribution < -0.4 is 0 Å². The smallest absolute Gasteiger partial charge is 0.0687 e. The van der Waals surface area contributed by atoms with E-state index in [1.807, 2.05) is 7.11 Å². The molecule has 0 aromatic carbocycles. The second kappa shape index (κ2) is 8.07. The first kappa shape index (κ1) is 24.3. The van der Waals surface area contributed by atoms with E-state index in [0.717, 1.165) is 50.0 Å². The summed E-state index contributed by atoms with van der Waals surface area (Å²) in [6.07, 6.45) is 13.5. The SMILES string of the molecule is COCC(C)(C)CCC1(C)OC2CC3C4CC=C5CC(O)CCC5(C)C4CCC3(C)C2[C@@H]1C. The van der Waals surface area contributed by atoms with Crippen LogP contribution in [-0.2, 0) is 9.47 Å². The molecule has 3 saturated carbocycles. The first-order chi connectivity index (χ1) is 15.4. The Kier molecular flexibility index (Phi) is 5.95. The van der Waals surface area contributed by atoms with Crippen molar-refractivity contribution in [3.63, 3.8) is 0 Å². The van der Waals surface area contributed by atoms with Gasteiger partial charge in [0.05, 0.1) is 24.4 Å². The van der Waals surface area contributed by atoms with E-state index >= 15 is 0 Å². The van der Waals surface area contributed by atoms with Crippen LogP contribution in [0.25, 0.3) is 0 Å². The van der Waals surface area contributed by atoms with Crippen LogP contribution in [-0.4, -0.2) is 36.6 Å². The predicted molar refractivity (Wildman–Crippen MR) is 134 cm³/mol. The van der Waals surface area contributed by atoms with Crippen molar-refractivity contribution in [3.05, 3.63) is 11.6 Å². The number of hydrogen-bond acceptors (Lipinski definition) is 3. The van der Waals surface area contributed by atoms with E-state index in [2.05, 4.69) is 47.6 Å². The Labute approximate surface area is 203 Å². The van der Waals surface area contributed by atoms with E-state index in [1.54, 1.807) is 5.57 Å². The van der Waals surface area contributed by atoms with Crippen molar-refractivity contribution in [3.8, 4) is 0 Å². The van der Waals surface area contributed by atoms with E-state index in [0.29, 0.717) is 28.8 Å². The number of rotatable bonds is 5. The van der Waals surface area contributed by atoms with Crippen molar-refractivity contribution in [1.82, 2.24) is 0 Å². The van der Waals surface area contributed by atoms with Gasteiger partial charge in [-0.05, 0) is 111 Å². The monoisotopic (exact) mass is 458 g/mol. The number of hydrogen-bond donors (Lipinski definition) is 1. The second-order valence-corrected chi connectivity index (χ2v) is 14.3. The van der Waals surface area contributed by atoms with Gasteiger partial charge in [-0.1, -0.05) is 46.3 Å². The van der Waals surface area contributed by atoms with Gasteiger partial charge >= 0.3 is 0 Å². The van der Waals surface area contributed by atoms with Crippen LogP contribution in [0.5, 0.6) is 0 Å². The first-order valence-electron chi connectivity index (χ1n) is 14.0. The minimum absolute atomic E-state index is 0.00367. The zero-order chi connectivity index (χ0) is 23.8. The summed E-state index contributed by atoms with van der Waals surface area (Å²) in [5.41, 5.74) is 2.53. The molecule has 0 aromatic heterocycles. The third kappa shape index (κ3) is 3.70. The largest absolute Gasteiger partial charge is 0.393 e. The van der Waals surface area contributed by atoms with Crippen molar-refractivity contribution < 1.29 is 14.6 Å². The number of ether oxygens (including phenoxy) is 2. The summed E-state index contributed by atoms with van der Waals surface area (Å²) >= 11 is 0. The fourth-order valence-electron chi connectivity index (χ4n) is 9.85. The van der Waals surface area contributed by atoms with Crippen molar-refractivity contribution in [2.75, 3.05) is 13.7 Å². The lowest BCUT2D eigenvalue weighted by molar-refractivity contribution is -0.0818. The van der Waals surface area contributed by atoms with Gasteiger partial charge in [0.2, 0.25) is 0 Å². The lowest BCUT2D eigenvalue weighted by atomic mass is 9.46. The van der Waals surface area contributed by atoms with E-state index in [1.165, 1.54) is 32.1 Å². The summed E-state index contributed by atoms with van der Waals surface area (Å²) in [6, 6.07) is 0. The molecule has 4 aliphatic carbocycles. The molecule has 3 heteroatoms. The van der Waals surface area contributed by atoms with E-state index in [-0.39, 0.29) is 17.1 Å². The molecule has 188 valence electrons. The molecule has 10 atom stereocenters. The van der Waals surface area contributed by atoms with Gasteiger partial charge in [0.25, 0.3) is 0 Å². The number of methoxy groups -OCH3 is 1. The molecule has 5 aliphatic rings. The molecule has 4 fully saturated rings. The van der Waals surface area contributed by atoms with Gasteiger partial charge in [-0.15, -0.1) is 0 Å². The Balaban J connectivity index is 1.35. The number of allylic oxidation sites excluding steroid dienone is 1. The number of aliphatic hydroxyl groups excluding tert-OH is 1. The average molecular weight is 459 g/mol. The first-order valence-corrected chi connectivity index (χ1v) is 14.0. The molecule has 1 N–H and O–H groups in total. The Morgan fingerprint density at radius 2 is 1.91 bits per heavy atom. The molecule has 1 saturated heterocycles. The third-order valence-corrected chi connectivity index (χ3v) is 11.9. The average Bonchev–Trinajstić information content (AvgIpc) is 3.17. The lowest BCUT2D eigenvalue weighted by Crippen LogP contribution is -2.51. The van der Waals surface area contributed by atoms with Crippen molar-refractivity contribution >= 4 is 0 Å². The molecule has 9 unspecified atom stereocenters. The summed E-state index contributed by atoms with van der Waals surface area (Å²) in [4.78, 5) is 0. The van der Waals surface area contributed by atoms with Gasteiger partial charge in [-0.3, -0.25) is 0 Å². The molecular formula is C30H50O3. The second-order valence-electron chi connectivity index (χ2n) is 14.3. The normalized spacial score (nSPS) is 51.4. The zero-order valence-electron chi connectivity index (χ0n) is 22.5. The quantitative estimate of drug-likeness (QED) is 0.461. The van der Waals surface area contributed by atoms with Crippen molar-refractivity contribution in [2.45, 2.75) is 117 Å². The highest BCUT2D eigenvalue weighted by Gasteiger charge is 2.66. The highest BCUT2D eigenvalue weighted by Crippen LogP contribution is 2.70. The van der Waals surface area contributed by atoms with Gasteiger partial charge < -0.3 is 14.6 Å². The topological polar surface area (TPSA) is 38.7 Å². The van der Waals surface area contributed by atoms with Gasteiger partial charge in [-0.25, -0.2) is 0 Å². The molecule has 1 aliphatic heterocycles. The van der Waals surface area contributed by atoms with Crippen LogP contribution >= 0.6 is 0 Å². The Hall–Kier alpha value is -0.380. The van der Waals surface area contributed by atoms with Crippen molar-refractivity contribution in [1.29, 1.82) is 0 Å². The minimum atomic E-state index is -0.110. The highest BCUT2D eigenvalue weighted by atomic mass is 16.5. The standard InChI is InChI=1S/C30H50O3/c1-19-26-25(33-30(19,6)15-14-27(2,3)18-32-7)17-24-22-9-8-20-16-21(31)10-12-28(20,4)23(22)11-13-29(24,26)5/h8,19,21-26,31H,9-18H2,1-7H3/t19-,21?,22?,23?,24?,25?,26?,28?,29?,30?/m0/s1. The predicted octanol–water partition coefficient (Wildman–Crippen LogP) is 6.78. The molecule has 1 heterocycles. The molecule has 0 bridgehead atoms. The summed E-state index contributed by atoms with van der Waals surface area (Å²) in [7, 11) is 1.82. The van der Waals surface area contributed by atoms with Crippen LogP contribution in [0.4, 0.5) is 0 Å². The Morgan fingerprint density at radius 3 is 2.64 bits per heavy atom. The molecule has 33 heavy (non-hydrogen) atoms. The molecular weight excluding hydrogens is 408 g/mol. The third-order valence-electron chi connectivity index (χ3n) is 11.9. The molecule has 5 rings (SSSR count). The fourth-order valence-corrected chi connectivity index (χ4v) is 9.85. The fraction of sp³-hybridized carbons (Fsp3) is 0.933. The van der Waals surface area contributed by atoms with Crippen LogP contribution in [0.2, 0.25) is 0 Å². The van der Waals surface area contributed by atoms with Crippen LogP contribution in [0.1, 0.15) is 99.3 Å². The highest BCUT2D eigenvalue weighted by molar-refractivity contribution is 5.26. The molecule has 0 aromatic rings. The molecule has 0 amide bonds. The number of fused-ring (bicyclic) bond motifs is 7. The molecule has 0 spiro atoms. The van der Waals surface area contributed by atoms with Gasteiger partial charge in [-0.2, -0.15) is 0 Å². The molecule has 0 radical (unpaired) electrons. The van der Waals surface area contributed by atoms with Gasteiger partial charge in [0, 0.05) is 7.11 Å². The molecule has 3 nitrogen and oxygen atoms in total. The van der Waals surface area contributed by atoms with E-state index < -0.39 is 0 Å². The summed E-state index contributed by atoms with van der Waals surface area (Å²) in [5.74, 6) is 3.72.